The third kappa shape index (κ3) is 2.26. The summed E-state index contributed by atoms with van der Waals surface area (Å²) in [7, 11) is 0. The molecule has 2 aromatic carbocycles. The van der Waals surface area contributed by atoms with Gasteiger partial charge in [-0.2, -0.15) is 0 Å². The quantitative estimate of drug-likeness (QED) is 0.350. The fourth-order valence-corrected chi connectivity index (χ4v) is 4.59. The van der Waals surface area contributed by atoms with Gasteiger partial charge in [-0.3, -0.25) is 9.97 Å². The molecule has 128 valence electrons. The van der Waals surface area contributed by atoms with E-state index in [1.165, 1.54) is 0 Å². The highest BCUT2D eigenvalue weighted by molar-refractivity contribution is 6.42. The monoisotopic (exact) mass is 378 g/mol. The van der Waals surface area contributed by atoms with Crippen molar-refractivity contribution in [3.8, 4) is 11.1 Å². The normalized spacial score (nSPS) is 13.1. The average molecular weight is 379 g/mol. The molecule has 5 rings (SSSR count). The Morgan fingerprint density at radius 1 is 0.692 bits per heavy atom. The smallest absolute Gasteiger partial charge is 0.0720 e. The molecule has 0 atom stereocenters. The van der Waals surface area contributed by atoms with E-state index in [0.29, 0.717) is 0 Å². The van der Waals surface area contributed by atoms with E-state index in [4.69, 9.17) is 33.2 Å². The SMILES string of the molecule is Cc1ccc2nc3c(c(Cl)c2c1)-c1c(nc2ccc(C)cc2c1Cl)CC3. The summed E-state index contributed by atoms with van der Waals surface area (Å²) in [6, 6.07) is 12.4. The summed E-state index contributed by atoms with van der Waals surface area (Å²) in [6.07, 6.45) is 1.65. The minimum atomic E-state index is 0.727. The van der Waals surface area contributed by atoms with Crippen molar-refractivity contribution >= 4 is 45.0 Å². The number of aryl methyl sites for hydroxylation is 4. The Bertz CT molecular complexity index is 1130. The van der Waals surface area contributed by atoms with Crippen LogP contribution in [0.5, 0.6) is 0 Å². The second-order valence-corrected chi connectivity index (χ2v) is 7.79. The summed E-state index contributed by atoms with van der Waals surface area (Å²) in [5, 5.41) is 3.40. The van der Waals surface area contributed by atoms with Crippen LogP contribution in [0.1, 0.15) is 22.5 Å². The zero-order valence-corrected chi connectivity index (χ0v) is 16.0. The van der Waals surface area contributed by atoms with Gasteiger partial charge in [0.1, 0.15) is 0 Å². The second kappa shape index (κ2) is 5.67. The molecule has 0 spiro atoms. The first-order chi connectivity index (χ1) is 12.5. The summed E-state index contributed by atoms with van der Waals surface area (Å²) in [4.78, 5) is 9.77. The van der Waals surface area contributed by atoms with Crippen molar-refractivity contribution in [1.29, 1.82) is 0 Å². The van der Waals surface area contributed by atoms with Crippen LogP contribution in [0.25, 0.3) is 32.9 Å². The highest BCUT2D eigenvalue weighted by atomic mass is 35.5. The van der Waals surface area contributed by atoms with Gasteiger partial charge in [-0.25, -0.2) is 0 Å². The zero-order chi connectivity index (χ0) is 18.0. The maximum absolute atomic E-state index is 6.89. The largest absolute Gasteiger partial charge is 0.252 e. The molecule has 2 aromatic heterocycles. The van der Waals surface area contributed by atoms with Gasteiger partial charge < -0.3 is 0 Å². The fraction of sp³-hybridized carbons (Fsp3) is 0.182. The Kier molecular flexibility index (Phi) is 3.50. The maximum atomic E-state index is 6.89. The molecule has 2 nitrogen and oxygen atoms in total. The van der Waals surface area contributed by atoms with Crippen molar-refractivity contribution in [1.82, 2.24) is 9.97 Å². The van der Waals surface area contributed by atoms with E-state index in [1.807, 2.05) is 12.1 Å². The molecule has 0 saturated carbocycles. The van der Waals surface area contributed by atoms with E-state index >= 15 is 0 Å². The predicted molar refractivity (Wildman–Crippen MR) is 109 cm³/mol. The molecule has 0 unspecified atom stereocenters. The zero-order valence-electron chi connectivity index (χ0n) is 14.5. The molecular formula is C22H16Cl2N2. The molecule has 0 saturated heterocycles. The molecular weight excluding hydrogens is 363 g/mol. The Labute approximate surface area is 161 Å². The van der Waals surface area contributed by atoms with Crippen LogP contribution < -0.4 is 0 Å². The van der Waals surface area contributed by atoms with Crippen LogP contribution in [-0.4, -0.2) is 9.97 Å². The molecule has 4 aromatic rings. The molecule has 0 aliphatic heterocycles. The Hall–Kier alpha value is -2.16. The first-order valence-corrected chi connectivity index (χ1v) is 9.46. The molecule has 2 heterocycles. The topological polar surface area (TPSA) is 25.8 Å². The Morgan fingerprint density at radius 2 is 1.12 bits per heavy atom. The fourth-order valence-electron chi connectivity index (χ4n) is 3.88. The van der Waals surface area contributed by atoms with Crippen LogP contribution >= 0.6 is 23.2 Å². The van der Waals surface area contributed by atoms with E-state index < -0.39 is 0 Å². The Morgan fingerprint density at radius 3 is 1.54 bits per heavy atom. The first-order valence-electron chi connectivity index (χ1n) is 8.71. The summed E-state index contributed by atoms with van der Waals surface area (Å²) >= 11 is 13.8. The number of benzene rings is 2. The van der Waals surface area contributed by atoms with Crippen LogP contribution in [0, 0.1) is 13.8 Å². The van der Waals surface area contributed by atoms with E-state index in [-0.39, 0.29) is 0 Å². The van der Waals surface area contributed by atoms with Gasteiger partial charge >= 0.3 is 0 Å². The molecule has 1 aliphatic carbocycles. The van der Waals surface area contributed by atoms with Crippen molar-refractivity contribution < 1.29 is 0 Å². The number of nitrogens with zero attached hydrogens (tertiary/aromatic N) is 2. The van der Waals surface area contributed by atoms with E-state index in [0.717, 1.165) is 78.3 Å². The summed E-state index contributed by atoms with van der Waals surface area (Å²) in [5.41, 5.74) is 8.11. The lowest BCUT2D eigenvalue weighted by Crippen LogP contribution is -2.10. The lowest BCUT2D eigenvalue weighted by molar-refractivity contribution is 0.875. The standard InChI is InChI=1S/C22H16Cl2N2/c1-11-3-5-15-13(9-11)21(23)19-17(25-15)7-8-18-20(19)22(24)14-10-12(2)4-6-16(14)26-18/h3-6,9-10H,7-8H2,1-2H3. The van der Waals surface area contributed by atoms with Gasteiger partial charge in [-0.1, -0.05) is 46.5 Å². The van der Waals surface area contributed by atoms with Crippen molar-refractivity contribution in [3.63, 3.8) is 0 Å². The molecule has 0 N–H and O–H groups in total. The van der Waals surface area contributed by atoms with Gasteiger partial charge in [0.25, 0.3) is 0 Å². The third-order valence-electron chi connectivity index (χ3n) is 5.15. The van der Waals surface area contributed by atoms with Crippen molar-refractivity contribution in [2.75, 3.05) is 0 Å². The van der Waals surface area contributed by atoms with Gasteiger partial charge in [0.2, 0.25) is 0 Å². The van der Waals surface area contributed by atoms with E-state index in [2.05, 4.69) is 38.1 Å². The summed E-state index contributed by atoms with van der Waals surface area (Å²) in [6.45, 7) is 4.13. The van der Waals surface area contributed by atoms with Crippen LogP contribution in [0.15, 0.2) is 36.4 Å². The first kappa shape index (κ1) is 16.0. The van der Waals surface area contributed by atoms with Crippen LogP contribution in [0.4, 0.5) is 0 Å². The summed E-state index contributed by atoms with van der Waals surface area (Å²) < 4.78 is 0. The van der Waals surface area contributed by atoms with Crippen molar-refractivity contribution in [2.45, 2.75) is 26.7 Å². The minimum Gasteiger partial charge on any atom is -0.252 e. The number of hydrogen-bond donors (Lipinski definition) is 0. The highest BCUT2D eigenvalue weighted by Gasteiger charge is 2.26. The molecule has 0 bridgehead atoms. The molecule has 1 aliphatic rings. The Balaban J connectivity index is 1.91. The van der Waals surface area contributed by atoms with Crippen molar-refractivity contribution in [3.05, 3.63) is 69.0 Å². The lowest BCUT2D eigenvalue weighted by atomic mass is 9.89. The maximum Gasteiger partial charge on any atom is 0.0720 e. The lowest BCUT2D eigenvalue weighted by Gasteiger charge is -2.23. The molecule has 0 amide bonds. The molecule has 0 fully saturated rings. The number of pyridine rings is 2. The van der Waals surface area contributed by atoms with Gasteiger partial charge in [-0.05, 0) is 51.0 Å². The van der Waals surface area contributed by atoms with Gasteiger partial charge in [-0.15, -0.1) is 0 Å². The number of rotatable bonds is 0. The average Bonchev–Trinajstić information content (AvgIpc) is 2.63. The van der Waals surface area contributed by atoms with Gasteiger partial charge in [0, 0.05) is 21.9 Å². The van der Waals surface area contributed by atoms with Crippen LogP contribution in [-0.2, 0) is 12.8 Å². The van der Waals surface area contributed by atoms with Crippen LogP contribution in [0.2, 0.25) is 10.0 Å². The van der Waals surface area contributed by atoms with E-state index in [1.54, 1.807) is 0 Å². The van der Waals surface area contributed by atoms with Gasteiger partial charge in [0.05, 0.1) is 32.5 Å². The molecule has 4 heteroatoms. The van der Waals surface area contributed by atoms with Gasteiger partial charge in [0.15, 0.2) is 0 Å². The van der Waals surface area contributed by atoms with E-state index in [9.17, 15) is 0 Å². The predicted octanol–water partition coefficient (Wildman–Crippen LogP) is 6.47. The van der Waals surface area contributed by atoms with Crippen molar-refractivity contribution in [2.24, 2.45) is 0 Å². The second-order valence-electron chi connectivity index (χ2n) is 7.04. The molecule has 26 heavy (non-hydrogen) atoms. The number of fused-ring (bicyclic) bond motifs is 5. The highest BCUT2D eigenvalue weighted by Crippen LogP contribution is 2.45. The third-order valence-corrected chi connectivity index (χ3v) is 5.94. The number of hydrogen-bond acceptors (Lipinski definition) is 2. The number of halogens is 2. The minimum absolute atomic E-state index is 0.727. The number of aromatic nitrogens is 2. The summed E-state index contributed by atoms with van der Waals surface area (Å²) in [5.74, 6) is 0. The van der Waals surface area contributed by atoms with Crippen LogP contribution in [0.3, 0.4) is 0 Å². The molecule has 0 radical (unpaired) electrons.